The Morgan fingerprint density at radius 3 is 2.47 bits per heavy atom. The largest absolute Gasteiger partial charge is 0.621 e. The van der Waals surface area contributed by atoms with E-state index in [1.807, 2.05) is 0 Å². The fraction of sp³-hybridized carbons (Fsp3) is 0.0833. The Balaban J connectivity index is 2.28. The smallest absolute Gasteiger partial charge is 0.313 e. The maximum absolute atomic E-state index is 11.4. The maximum Gasteiger partial charge on any atom is 0.313 e. The second-order valence-corrected chi connectivity index (χ2v) is 3.55. The first-order chi connectivity index (χ1) is 8.18. The van der Waals surface area contributed by atoms with Gasteiger partial charge in [0.05, 0.1) is 18.8 Å². The number of nitrogens with one attached hydrogen (secondary N) is 1. The summed E-state index contributed by atoms with van der Waals surface area (Å²) in [4.78, 5) is 19.0. The number of aromatic nitrogens is 2. The van der Waals surface area contributed by atoms with Gasteiger partial charge in [-0.15, -0.1) is 0 Å². The van der Waals surface area contributed by atoms with Crippen LogP contribution in [0, 0.1) is 5.21 Å². The van der Waals surface area contributed by atoms with Crippen molar-refractivity contribution < 1.29 is 9.86 Å². The van der Waals surface area contributed by atoms with E-state index in [0.717, 1.165) is 11.3 Å². The number of carbonyl (C=O) groups excluding carboxylic acids is 1. The number of nitrogens with zero attached hydrogens (tertiary/aromatic N) is 2. The Hall–Kier alpha value is -2.11. The quantitative estimate of drug-likeness (QED) is 0.770. The van der Waals surface area contributed by atoms with E-state index in [9.17, 15) is 10.0 Å². The Bertz CT molecular complexity index is 511. The number of quaternary nitrogens is 1. The number of hydroxylamine groups is 1. The first-order valence-electron chi connectivity index (χ1n) is 5.10. The molecule has 2 aromatic rings. The van der Waals surface area contributed by atoms with Crippen LogP contribution in [0.5, 0.6) is 0 Å². The molecule has 0 spiro atoms. The van der Waals surface area contributed by atoms with Gasteiger partial charge >= 0.3 is 5.91 Å². The van der Waals surface area contributed by atoms with Gasteiger partial charge < -0.3 is 5.21 Å². The Morgan fingerprint density at radius 2 is 1.94 bits per heavy atom. The van der Waals surface area contributed by atoms with E-state index in [1.54, 1.807) is 42.9 Å². The van der Waals surface area contributed by atoms with Crippen LogP contribution in [-0.2, 0) is 4.79 Å². The van der Waals surface area contributed by atoms with E-state index < -0.39 is 11.0 Å². The molecule has 1 aromatic heterocycles. The van der Waals surface area contributed by atoms with Crippen molar-refractivity contribution in [3.63, 3.8) is 0 Å². The summed E-state index contributed by atoms with van der Waals surface area (Å²) in [6, 6.07) is 6.74. The topological polar surface area (TPSA) is 70.3 Å². The zero-order valence-corrected chi connectivity index (χ0v) is 9.25. The molecule has 0 aliphatic carbocycles. The summed E-state index contributed by atoms with van der Waals surface area (Å²) in [5.74, 6) is -0.461. The van der Waals surface area contributed by atoms with Crippen molar-refractivity contribution in [1.82, 2.24) is 9.97 Å². The summed E-state index contributed by atoms with van der Waals surface area (Å²) in [5, 5.41) is 10.9. The first kappa shape index (κ1) is 11.4. The molecule has 2 rings (SSSR count). The van der Waals surface area contributed by atoms with Crippen LogP contribution in [0.2, 0.25) is 0 Å². The van der Waals surface area contributed by atoms with E-state index in [0.29, 0.717) is 5.69 Å². The van der Waals surface area contributed by atoms with Crippen molar-refractivity contribution in [2.75, 3.05) is 0 Å². The van der Waals surface area contributed by atoms with Gasteiger partial charge in [-0.2, -0.15) is 0 Å². The van der Waals surface area contributed by atoms with Gasteiger partial charge in [-0.05, 0) is 12.1 Å². The van der Waals surface area contributed by atoms with Gasteiger partial charge in [-0.1, -0.05) is 0 Å². The summed E-state index contributed by atoms with van der Waals surface area (Å²) >= 11 is 0. The standard InChI is InChI=1S/C12H11N3O2/c1-9(16)15(17)11-4-2-10(3-5-11)12-8-13-6-7-14-12/h2-8,15H,1H3. The van der Waals surface area contributed by atoms with Crippen molar-refractivity contribution in [3.8, 4) is 11.3 Å². The summed E-state index contributed by atoms with van der Waals surface area (Å²) in [7, 11) is 0. The molecule has 1 unspecified atom stereocenters. The average Bonchev–Trinajstić information content (AvgIpc) is 2.39. The number of amides is 1. The van der Waals surface area contributed by atoms with Crippen molar-refractivity contribution >= 4 is 11.6 Å². The van der Waals surface area contributed by atoms with Crippen LogP contribution in [-0.4, -0.2) is 15.9 Å². The van der Waals surface area contributed by atoms with Crippen LogP contribution in [0.1, 0.15) is 6.92 Å². The fourth-order valence-electron chi connectivity index (χ4n) is 1.44. The van der Waals surface area contributed by atoms with Crippen LogP contribution >= 0.6 is 0 Å². The van der Waals surface area contributed by atoms with E-state index in [1.165, 1.54) is 6.92 Å². The lowest BCUT2D eigenvalue weighted by Crippen LogP contribution is -3.04. The van der Waals surface area contributed by atoms with Crippen LogP contribution in [0.15, 0.2) is 42.9 Å². The Labute approximate surface area is 98.3 Å². The molecule has 0 aliphatic heterocycles. The monoisotopic (exact) mass is 229 g/mol. The van der Waals surface area contributed by atoms with Crippen LogP contribution in [0.3, 0.4) is 0 Å². The molecule has 1 aromatic carbocycles. The minimum atomic E-state index is -0.476. The van der Waals surface area contributed by atoms with Crippen LogP contribution in [0.25, 0.3) is 11.3 Å². The molecule has 86 valence electrons. The molecule has 0 radical (unpaired) electrons. The third-order valence-electron chi connectivity index (χ3n) is 2.33. The molecule has 1 heterocycles. The number of hydrogen-bond donors (Lipinski definition) is 1. The molecule has 0 bridgehead atoms. The molecule has 5 nitrogen and oxygen atoms in total. The average molecular weight is 229 g/mol. The van der Waals surface area contributed by atoms with Gasteiger partial charge in [-0.25, -0.2) is 4.79 Å². The predicted octanol–water partition coefficient (Wildman–Crippen LogP) is 0.704. The maximum atomic E-state index is 11.4. The third kappa shape index (κ3) is 2.52. The molecule has 1 N–H and O–H groups in total. The lowest BCUT2D eigenvalue weighted by Gasteiger charge is -2.16. The highest BCUT2D eigenvalue weighted by molar-refractivity contribution is 5.67. The Morgan fingerprint density at radius 1 is 1.24 bits per heavy atom. The summed E-state index contributed by atoms with van der Waals surface area (Å²) < 4.78 is 0. The number of hydrogen-bond acceptors (Lipinski definition) is 4. The molecule has 0 fully saturated rings. The molecular weight excluding hydrogens is 218 g/mol. The van der Waals surface area contributed by atoms with Gasteiger partial charge in [0.25, 0.3) is 0 Å². The molecule has 5 heteroatoms. The van der Waals surface area contributed by atoms with E-state index in [-0.39, 0.29) is 0 Å². The molecule has 17 heavy (non-hydrogen) atoms. The zero-order valence-electron chi connectivity index (χ0n) is 9.25. The van der Waals surface area contributed by atoms with Gasteiger partial charge in [0.2, 0.25) is 0 Å². The lowest BCUT2D eigenvalue weighted by atomic mass is 10.1. The molecule has 0 saturated carbocycles. The highest BCUT2D eigenvalue weighted by Gasteiger charge is 2.08. The summed E-state index contributed by atoms with van der Waals surface area (Å²) in [6.07, 6.45) is 4.84. The zero-order chi connectivity index (χ0) is 12.3. The van der Waals surface area contributed by atoms with Gasteiger partial charge in [0.15, 0.2) is 0 Å². The minimum absolute atomic E-state index is 0.394. The van der Waals surface area contributed by atoms with Crippen molar-refractivity contribution in [3.05, 3.63) is 48.1 Å². The predicted molar refractivity (Wildman–Crippen MR) is 62.1 cm³/mol. The second kappa shape index (κ2) is 4.82. The number of benzene rings is 1. The normalized spacial score (nSPS) is 12.1. The number of rotatable bonds is 2. The lowest BCUT2D eigenvalue weighted by molar-refractivity contribution is -0.688. The second-order valence-electron chi connectivity index (χ2n) is 3.55. The van der Waals surface area contributed by atoms with E-state index >= 15 is 0 Å². The Kier molecular flexibility index (Phi) is 3.22. The van der Waals surface area contributed by atoms with Crippen molar-refractivity contribution in [2.24, 2.45) is 0 Å². The van der Waals surface area contributed by atoms with E-state index in [2.05, 4.69) is 9.97 Å². The van der Waals surface area contributed by atoms with E-state index in [4.69, 9.17) is 0 Å². The molecular formula is C12H11N3O2. The number of carbonyl (C=O) groups is 1. The highest BCUT2D eigenvalue weighted by atomic mass is 16.5. The fourth-order valence-corrected chi connectivity index (χ4v) is 1.44. The van der Waals surface area contributed by atoms with Gasteiger partial charge in [0, 0.05) is 30.1 Å². The van der Waals surface area contributed by atoms with Crippen molar-refractivity contribution in [1.29, 1.82) is 0 Å². The molecule has 1 atom stereocenters. The van der Waals surface area contributed by atoms with Crippen molar-refractivity contribution in [2.45, 2.75) is 6.92 Å². The summed E-state index contributed by atoms with van der Waals surface area (Å²) in [6.45, 7) is 1.26. The van der Waals surface area contributed by atoms with Crippen LogP contribution in [0.4, 0.5) is 5.69 Å². The minimum Gasteiger partial charge on any atom is -0.621 e. The van der Waals surface area contributed by atoms with Gasteiger partial charge in [-0.3, -0.25) is 15.0 Å². The van der Waals surface area contributed by atoms with Crippen LogP contribution < -0.4 is 5.06 Å². The SMILES string of the molecule is CC(=O)[NH+]([O-])c1ccc(-c2cnccn2)cc1. The highest BCUT2D eigenvalue weighted by Crippen LogP contribution is 2.16. The first-order valence-corrected chi connectivity index (χ1v) is 5.10. The molecule has 0 saturated heterocycles. The molecule has 1 amide bonds. The third-order valence-corrected chi connectivity index (χ3v) is 2.33. The summed E-state index contributed by atoms with van der Waals surface area (Å²) in [5.41, 5.74) is 1.98. The molecule has 0 aliphatic rings. The van der Waals surface area contributed by atoms with Gasteiger partial charge in [0.1, 0.15) is 5.69 Å².